The molecule has 1 aromatic rings. The zero-order valence-corrected chi connectivity index (χ0v) is 12.6. The number of nitriles is 1. The van der Waals surface area contributed by atoms with E-state index in [0.29, 0.717) is 16.1 Å². The van der Waals surface area contributed by atoms with Crippen LogP contribution >= 0.6 is 23.2 Å². The summed E-state index contributed by atoms with van der Waals surface area (Å²) in [4.78, 5) is 2.16. The molecule has 1 fully saturated rings. The van der Waals surface area contributed by atoms with Crippen LogP contribution in [-0.2, 0) is 0 Å². The van der Waals surface area contributed by atoms with Crippen molar-refractivity contribution in [3.05, 3.63) is 33.8 Å². The largest absolute Gasteiger partial charge is 0.284 e. The van der Waals surface area contributed by atoms with Crippen LogP contribution in [0.4, 0.5) is 0 Å². The van der Waals surface area contributed by atoms with Crippen molar-refractivity contribution in [1.29, 1.82) is 5.26 Å². The Morgan fingerprint density at radius 2 is 1.95 bits per heavy atom. The fraction of sp³-hybridized carbons (Fsp3) is 0.533. The lowest BCUT2D eigenvalue weighted by Crippen LogP contribution is -2.36. The van der Waals surface area contributed by atoms with Gasteiger partial charge >= 0.3 is 0 Å². The molecular weight excluding hydrogens is 279 g/mol. The number of halogens is 2. The van der Waals surface area contributed by atoms with Gasteiger partial charge in [0.25, 0.3) is 0 Å². The highest BCUT2D eigenvalue weighted by atomic mass is 35.5. The molecule has 0 aliphatic heterocycles. The first-order chi connectivity index (χ1) is 9.13. The van der Waals surface area contributed by atoms with Crippen molar-refractivity contribution in [2.45, 2.75) is 44.2 Å². The van der Waals surface area contributed by atoms with Crippen molar-refractivity contribution < 1.29 is 0 Å². The fourth-order valence-corrected chi connectivity index (χ4v) is 3.31. The van der Waals surface area contributed by atoms with Crippen LogP contribution in [0.1, 0.15) is 43.7 Å². The van der Waals surface area contributed by atoms with Crippen LogP contribution in [0.2, 0.25) is 10.0 Å². The van der Waals surface area contributed by atoms with Gasteiger partial charge in [-0.05, 0) is 32.0 Å². The van der Waals surface area contributed by atoms with Crippen LogP contribution in [0.15, 0.2) is 18.2 Å². The second kappa shape index (κ2) is 6.61. The van der Waals surface area contributed by atoms with Gasteiger partial charge in [0.2, 0.25) is 0 Å². The summed E-state index contributed by atoms with van der Waals surface area (Å²) in [5.41, 5.74) is 0.849. The Labute approximate surface area is 124 Å². The molecule has 1 saturated carbocycles. The maximum absolute atomic E-state index is 9.49. The summed E-state index contributed by atoms with van der Waals surface area (Å²) in [6.07, 6.45) is 6.14. The normalized spacial score (nSPS) is 18.3. The average Bonchev–Trinajstić information content (AvgIpc) is 2.42. The monoisotopic (exact) mass is 296 g/mol. The molecule has 4 heteroatoms. The Bertz CT molecular complexity index is 476. The van der Waals surface area contributed by atoms with Gasteiger partial charge in [0.1, 0.15) is 6.04 Å². The molecule has 2 rings (SSSR count). The highest BCUT2D eigenvalue weighted by molar-refractivity contribution is 6.35. The Hall–Kier alpha value is -0.750. The van der Waals surface area contributed by atoms with E-state index in [-0.39, 0.29) is 6.04 Å². The molecule has 0 aromatic heterocycles. The third kappa shape index (κ3) is 3.42. The Morgan fingerprint density at radius 1 is 1.26 bits per heavy atom. The highest BCUT2D eigenvalue weighted by Gasteiger charge is 2.26. The first kappa shape index (κ1) is 14.7. The van der Waals surface area contributed by atoms with Gasteiger partial charge in [-0.25, -0.2) is 0 Å². The van der Waals surface area contributed by atoms with E-state index in [1.54, 1.807) is 12.1 Å². The number of hydrogen-bond donors (Lipinski definition) is 0. The SMILES string of the molecule is CN(C1CCCCC1)C(C#N)c1ccc(Cl)cc1Cl. The van der Waals surface area contributed by atoms with Crippen LogP contribution in [0.5, 0.6) is 0 Å². The van der Waals surface area contributed by atoms with Crippen LogP contribution in [0.25, 0.3) is 0 Å². The molecule has 1 aliphatic rings. The molecule has 1 atom stereocenters. The molecule has 0 N–H and O–H groups in total. The lowest BCUT2D eigenvalue weighted by molar-refractivity contribution is 0.164. The zero-order chi connectivity index (χ0) is 13.8. The predicted molar refractivity (Wildman–Crippen MR) is 79.5 cm³/mol. The van der Waals surface area contributed by atoms with Crippen molar-refractivity contribution in [3.8, 4) is 6.07 Å². The van der Waals surface area contributed by atoms with Crippen molar-refractivity contribution in [1.82, 2.24) is 4.90 Å². The lowest BCUT2D eigenvalue weighted by atomic mass is 9.92. The number of rotatable bonds is 3. The average molecular weight is 297 g/mol. The van der Waals surface area contributed by atoms with Crippen molar-refractivity contribution in [2.24, 2.45) is 0 Å². The number of nitrogens with zero attached hydrogens (tertiary/aromatic N) is 2. The second-order valence-electron chi connectivity index (χ2n) is 5.15. The molecular formula is C15H18Cl2N2. The first-order valence-corrected chi connectivity index (χ1v) is 7.45. The Morgan fingerprint density at radius 3 is 2.53 bits per heavy atom. The summed E-state index contributed by atoms with van der Waals surface area (Å²) in [6.45, 7) is 0. The molecule has 0 amide bonds. The standard InChI is InChI=1S/C15H18Cl2N2/c1-19(12-5-3-2-4-6-12)15(10-18)13-8-7-11(16)9-14(13)17/h7-9,12,15H,2-6H2,1H3. The minimum atomic E-state index is -0.298. The van der Waals surface area contributed by atoms with Gasteiger partial charge < -0.3 is 0 Å². The molecule has 1 aliphatic carbocycles. The molecule has 0 radical (unpaired) electrons. The number of hydrogen-bond acceptors (Lipinski definition) is 2. The van der Waals surface area contributed by atoms with E-state index in [0.717, 1.165) is 5.56 Å². The Balaban J connectivity index is 2.21. The maximum atomic E-state index is 9.49. The zero-order valence-electron chi connectivity index (χ0n) is 11.1. The maximum Gasteiger partial charge on any atom is 0.125 e. The summed E-state index contributed by atoms with van der Waals surface area (Å²) < 4.78 is 0. The van der Waals surface area contributed by atoms with Gasteiger partial charge in [-0.2, -0.15) is 5.26 Å². The topological polar surface area (TPSA) is 27.0 Å². The van der Waals surface area contributed by atoms with Crippen molar-refractivity contribution in [2.75, 3.05) is 7.05 Å². The van der Waals surface area contributed by atoms with Gasteiger partial charge in [-0.1, -0.05) is 48.5 Å². The summed E-state index contributed by atoms with van der Waals surface area (Å²) >= 11 is 12.1. The summed E-state index contributed by atoms with van der Waals surface area (Å²) in [5.74, 6) is 0. The molecule has 2 nitrogen and oxygen atoms in total. The quantitative estimate of drug-likeness (QED) is 0.799. The van der Waals surface area contributed by atoms with Crippen molar-refractivity contribution in [3.63, 3.8) is 0 Å². The minimum absolute atomic E-state index is 0.298. The molecule has 0 heterocycles. The molecule has 0 spiro atoms. The third-order valence-corrected chi connectivity index (χ3v) is 4.50. The van der Waals surface area contributed by atoms with E-state index >= 15 is 0 Å². The van der Waals surface area contributed by atoms with E-state index in [1.165, 1.54) is 32.1 Å². The molecule has 102 valence electrons. The molecule has 1 unspecified atom stereocenters. The van der Waals surface area contributed by atoms with Gasteiger partial charge in [-0.15, -0.1) is 0 Å². The first-order valence-electron chi connectivity index (χ1n) is 6.70. The van der Waals surface area contributed by atoms with Gasteiger partial charge in [0, 0.05) is 21.7 Å². The van der Waals surface area contributed by atoms with Gasteiger partial charge in [0.15, 0.2) is 0 Å². The van der Waals surface area contributed by atoms with E-state index < -0.39 is 0 Å². The van der Waals surface area contributed by atoms with Gasteiger partial charge in [0.05, 0.1) is 6.07 Å². The van der Waals surface area contributed by atoms with E-state index in [4.69, 9.17) is 23.2 Å². The molecule has 0 saturated heterocycles. The predicted octanol–water partition coefficient (Wildman–Crippen LogP) is 4.82. The fourth-order valence-electron chi connectivity index (χ4n) is 2.80. The van der Waals surface area contributed by atoms with Crippen molar-refractivity contribution >= 4 is 23.2 Å². The highest BCUT2D eigenvalue weighted by Crippen LogP contribution is 2.33. The van der Waals surface area contributed by atoms with Crippen LogP contribution in [-0.4, -0.2) is 18.0 Å². The second-order valence-corrected chi connectivity index (χ2v) is 6.00. The molecule has 1 aromatic carbocycles. The molecule has 19 heavy (non-hydrogen) atoms. The third-order valence-electron chi connectivity index (χ3n) is 3.94. The minimum Gasteiger partial charge on any atom is -0.284 e. The van der Waals surface area contributed by atoms with E-state index in [2.05, 4.69) is 11.0 Å². The van der Waals surface area contributed by atoms with Crippen LogP contribution in [0, 0.1) is 11.3 Å². The lowest BCUT2D eigenvalue weighted by Gasteiger charge is -2.34. The number of benzene rings is 1. The van der Waals surface area contributed by atoms with E-state index in [1.807, 2.05) is 13.1 Å². The Kier molecular flexibility index (Phi) is 5.10. The van der Waals surface area contributed by atoms with Crippen LogP contribution in [0.3, 0.4) is 0 Å². The smallest absolute Gasteiger partial charge is 0.125 e. The van der Waals surface area contributed by atoms with Crippen LogP contribution < -0.4 is 0 Å². The summed E-state index contributed by atoms with van der Waals surface area (Å²) in [5, 5.41) is 10.7. The summed E-state index contributed by atoms with van der Waals surface area (Å²) in [7, 11) is 2.02. The molecule has 0 bridgehead atoms. The summed E-state index contributed by atoms with van der Waals surface area (Å²) in [6, 6.07) is 7.91. The van der Waals surface area contributed by atoms with Gasteiger partial charge in [-0.3, -0.25) is 4.90 Å². The van der Waals surface area contributed by atoms with E-state index in [9.17, 15) is 5.26 Å².